The molecule has 74 valence electrons. The molecule has 0 atom stereocenters. The van der Waals surface area contributed by atoms with Gasteiger partial charge in [0.25, 0.3) is 0 Å². The Morgan fingerprint density at radius 1 is 1.20 bits per heavy atom. The van der Waals surface area contributed by atoms with Gasteiger partial charge in [0, 0.05) is 10.8 Å². The molecule has 2 aromatic heterocycles. The van der Waals surface area contributed by atoms with Crippen LogP contribution in [0.1, 0.15) is 0 Å². The number of benzene rings is 1. The number of hydrogen-bond donors (Lipinski definition) is 1. The van der Waals surface area contributed by atoms with E-state index in [2.05, 4.69) is 0 Å². The van der Waals surface area contributed by atoms with E-state index in [4.69, 9.17) is 4.42 Å². The second-order valence-electron chi connectivity index (χ2n) is 3.23. The number of fused-ring (bicyclic) bond motifs is 3. The zero-order chi connectivity index (χ0) is 10.4. The molecular weight excluding hydrogens is 212 g/mol. The van der Waals surface area contributed by atoms with Crippen molar-refractivity contribution in [2.24, 2.45) is 0 Å². The lowest BCUT2D eigenvalue weighted by molar-refractivity contribution is 0.475. The first kappa shape index (κ1) is 8.49. The molecule has 1 aromatic carbocycles. The first-order valence-electron chi connectivity index (χ1n) is 4.39. The molecule has 4 heteroatoms. The number of rotatable bonds is 0. The van der Waals surface area contributed by atoms with Gasteiger partial charge in [0.2, 0.25) is 0 Å². The van der Waals surface area contributed by atoms with Crippen LogP contribution in [0, 0.1) is 0 Å². The van der Waals surface area contributed by atoms with Gasteiger partial charge in [-0.3, -0.25) is 0 Å². The summed E-state index contributed by atoms with van der Waals surface area (Å²) in [6.07, 6.45) is 0. The van der Waals surface area contributed by atoms with E-state index in [-0.39, 0.29) is 11.4 Å². The van der Waals surface area contributed by atoms with Gasteiger partial charge >= 0.3 is 5.63 Å². The van der Waals surface area contributed by atoms with Crippen molar-refractivity contribution in [3.05, 3.63) is 40.1 Å². The van der Waals surface area contributed by atoms with Gasteiger partial charge in [-0.05, 0) is 29.6 Å². The van der Waals surface area contributed by atoms with Crippen molar-refractivity contribution in [2.45, 2.75) is 0 Å². The molecule has 3 nitrogen and oxygen atoms in total. The van der Waals surface area contributed by atoms with Crippen LogP contribution in [0.4, 0.5) is 0 Å². The number of thiophene rings is 1. The zero-order valence-corrected chi connectivity index (χ0v) is 8.38. The molecule has 0 saturated carbocycles. The van der Waals surface area contributed by atoms with E-state index in [1.54, 1.807) is 12.1 Å². The van der Waals surface area contributed by atoms with Gasteiger partial charge in [0.1, 0.15) is 16.0 Å². The van der Waals surface area contributed by atoms with Gasteiger partial charge in [-0.2, -0.15) is 0 Å². The Kier molecular flexibility index (Phi) is 1.61. The Labute approximate surface area is 88.2 Å². The number of phenolic OH excluding ortho intramolecular Hbond substituents is 1. The predicted molar refractivity (Wildman–Crippen MR) is 59.5 cm³/mol. The second kappa shape index (κ2) is 2.84. The lowest BCUT2D eigenvalue weighted by Gasteiger charge is -1.98. The molecule has 0 aliphatic rings. The van der Waals surface area contributed by atoms with Gasteiger partial charge < -0.3 is 9.52 Å². The summed E-state index contributed by atoms with van der Waals surface area (Å²) in [5.74, 6) is 0.170. The Morgan fingerprint density at radius 2 is 2.07 bits per heavy atom. The fourth-order valence-electron chi connectivity index (χ4n) is 1.64. The van der Waals surface area contributed by atoms with E-state index in [0.29, 0.717) is 10.3 Å². The van der Waals surface area contributed by atoms with Gasteiger partial charge in [-0.1, -0.05) is 0 Å². The van der Waals surface area contributed by atoms with E-state index < -0.39 is 0 Å². The molecule has 0 fully saturated rings. The minimum absolute atomic E-state index is 0.170. The summed E-state index contributed by atoms with van der Waals surface area (Å²) >= 11 is 1.35. The van der Waals surface area contributed by atoms with Crippen LogP contribution in [-0.4, -0.2) is 5.11 Å². The molecule has 3 aromatic rings. The van der Waals surface area contributed by atoms with Gasteiger partial charge in [0.15, 0.2) is 0 Å². The van der Waals surface area contributed by atoms with E-state index in [1.165, 1.54) is 17.4 Å². The highest BCUT2D eigenvalue weighted by molar-refractivity contribution is 7.17. The molecule has 2 heterocycles. The highest BCUT2D eigenvalue weighted by Crippen LogP contribution is 2.28. The van der Waals surface area contributed by atoms with Gasteiger partial charge in [-0.15, -0.1) is 11.3 Å². The molecule has 0 saturated heterocycles. The largest absolute Gasteiger partial charge is 0.508 e. The summed E-state index contributed by atoms with van der Waals surface area (Å²) in [6.45, 7) is 0. The molecule has 0 bridgehead atoms. The van der Waals surface area contributed by atoms with Crippen LogP contribution in [0.3, 0.4) is 0 Å². The van der Waals surface area contributed by atoms with Crippen LogP contribution in [0.25, 0.3) is 21.1 Å². The lowest BCUT2D eigenvalue weighted by atomic mass is 10.1. The second-order valence-corrected chi connectivity index (χ2v) is 4.15. The Morgan fingerprint density at radius 3 is 2.93 bits per heavy atom. The van der Waals surface area contributed by atoms with E-state index in [9.17, 15) is 9.90 Å². The SMILES string of the molecule is O=c1oc2ccc(O)cc2c2ccsc12. The van der Waals surface area contributed by atoms with Crippen LogP contribution in [0.2, 0.25) is 0 Å². The number of hydrogen-bond acceptors (Lipinski definition) is 4. The first-order valence-corrected chi connectivity index (χ1v) is 5.27. The summed E-state index contributed by atoms with van der Waals surface area (Å²) in [4.78, 5) is 11.5. The fourth-order valence-corrected chi connectivity index (χ4v) is 2.43. The summed E-state index contributed by atoms with van der Waals surface area (Å²) in [6, 6.07) is 6.57. The highest BCUT2D eigenvalue weighted by atomic mass is 32.1. The van der Waals surface area contributed by atoms with E-state index >= 15 is 0 Å². The lowest BCUT2D eigenvalue weighted by Crippen LogP contribution is -1.96. The smallest absolute Gasteiger partial charge is 0.354 e. The first-order chi connectivity index (χ1) is 7.25. The maximum absolute atomic E-state index is 11.5. The van der Waals surface area contributed by atoms with E-state index in [0.717, 1.165) is 10.8 Å². The van der Waals surface area contributed by atoms with Crippen LogP contribution in [-0.2, 0) is 0 Å². The molecule has 0 spiro atoms. The third-order valence-corrected chi connectivity index (χ3v) is 3.20. The average molecular weight is 218 g/mol. The van der Waals surface area contributed by atoms with Crippen LogP contribution in [0.5, 0.6) is 5.75 Å². The normalized spacial score (nSPS) is 11.2. The maximum Gasteiger partial charge on any atom is 0.354 e. The van der Waals surface area contributed by atoms with Crippen molar-refractivity contribution in [2.75, 3.05) is 0 Å². The number of aromatic hydroxyl groups is 1. The fraction of sp³-hybridized carbons (Fsp3) is 0. The summed E-state index contributed by atoms with van der Waals surface area (Å²) in [5.41, 5.74) is 0.182. The van der Waals surface area contributed by atoms with Gasteiger partial charge in [-0.25, -0.2) is 4.79 Å². The molecule has 3 rings (SSSR count). The van der Waals surface area contributed by atoms with Crippen molar-refractivity contribution in [3.63, 3.8) is 0 Å². The number of phenols is 1. The predicted octanol–water partition coefficient (Wildman–Crippen LogP) is 2.71. The average Bonchev–Trinajstić information content (AvgIpc) is 2.69. The third kappa shape index (κ3) is 1.15. The molecular formula is C11H6O3S. The standard InChI is InChI=1S/C11H6O3S/c12-6-1-2-9-8(5-6)7-3-4-15-10(7)11(13)14-9/h1-5,12H. The molecule has 15 heavy (non-hydrogen) atoms. The summed E-state index contributed by atoms with van der Waals surface area (Å²) < 4.78 is 5.72. The minimum atomic E-state index is -0.321. The topological polar surface area (TPSA) is 50.4 Å². The summed E-state index contributed by atoms with van der Waals surface area (Å²) in [5, 5.41) is 12.8. The van der Waals surface area contributed by atoms with Crippen LogP contribution >= 0.6 is 11.3 Å². The zero-order valence-electron chi connectivity index (χ0n) is 7.56. The Hall–Kier alpha value is -1.81. The minimum Gasteiger partial charge on any atom is -0.508 e. The van der Waals surface area contributed by atoms with Crippen molar-refractivity contribution in [3.8, 4) is 5.75 Å². The quantitative estimate of drug-likeness (QED) is 0.590. The van der Waals surface area contributed by atoms with Crippen LogP contribution < -0.4 is 5.63 Å². The van der Waals surface area contributed by atoms with Crippen LogP contribution in [0.15, 0.2) is 38.9 Å². The molecule has 0 aliphatic heterocycles. The molecule has 1 N–H and O–H groups in total. The monoisotopic (exact) mass is 218 g/mol. The highest BCUT2D eigenvalue weighted by Gasteiger charge is 2.08. The van der Waals surface area contributed by atoms with Crippen molar-refractivity contribution >= 4 is 32.4 Å². The van der Waals surface area contributed by atoms with Gasteiger partial charge in [0.05, 0.1) is 0 Å². The van der Waals surface area contributed by atoms with E-state index in [1.807, 2.05) is 11.4 Å². The van der Waals surface area contributed by atoms with Crippen molar-refractivity contribution < 1.29 is 9.52 Å². The molecule has 0 radical (unpaired) electrons. The summed E-state index contributed by atoms with van der Waals surface area (Å²) in [7, 11) is 0. The molecule has 0 amide bonds. The third-order valence-electron chi connectivity index (χ3n) is 2.31. The van der Waals surface area contributed by atoms with Crippen molar-refractivity contribution in [1.29, 1.82) is 0 Å². The molecule has 0 aliphatic carbocycles. The Balaban J connectivity index is 2.67. The van der Waals surface area contributed by atoms with Crippen molar-refractivity contribution in [1.82, 2.24) is 0 Å². The maximum atomic E-state index is 11.5. The Bertz CT molecular complexity index is 708. The molecule has 0 unspecified atom stereocenters.